The molecule has 202 valence electrons. The summed E-state index contributed by atoms with van der Waals surface area (Å²) >= 11 is 1.59. The molecule has 2 heterocycles. The number of aliphatic hydroxyl groups excluding tert-OH is 1. The average molecular weight is 529 g/mol. The zero-order valence-corrected chi connectivity index (χ0v) is 23.7. The van der Waals surface area contributed by atoms with Crippen LogP contribution in [0.5, 0.6) is 0 Å². The molecule has 2 unspecified atom stereocenters. The number of nitrogens with zero attached hydrogens (tertiary/aromatic N) is 2. The lowest BCUT2D eigenvalue weighted by Gasteiger charge is -2.36. The molecule has 1 fully saturated rings. The largest absolute Gasteiger partial charge is 0.391 e. The van der Waals surface area contributed by atoms with Crippen LogP contribution in [0.4, 0.5) is 0 Å². The molecule has 1 saturated heterocycles. The number of rotatable bonds is 8. The van der Waals surface area contributed by atoms with E-state index < -0.39 is 23.6 Å². The van der Waals surface area contributed by atoms with E-state index in [1.165, 1.54) is 4.90 Å². The molecule has 0 bridgehead atoms. The molecule has 5 atom stereocenters. The van der Waals surface area contributed by atoms with E-state index in [9.17, 15) is 19.5 Å². The Hall–Kier alpha value is -2.78. The van der Waals surface area contributed by atoms with Gasteiger partial charge in [0, 0.05) is 18.9 Å². The number of carbonyl (C=O) groups is 3. The Morgan fingerprint density at radius 3 is 2.35 bits per heavy atom. The van der Waals surface area contributed by atoms with Gasteiger partial charge in [-0.3, -0.25) is 14.4 Å². The van der Waals surface area contributed by atoms with Gasteiger partial charge in [-0.15, -0.1) is 11.3 Å². The zero-order valence-electron chi connectivity index (χ0n) is 22.9. The number of hydrogen-bond acceptors (Lipinski definition) is 6. The van der Waals surface area contributed by atoms with E-state index in [1.54, 1.807) is 11.3 Å². The van der Waals surface area contributed by atoms with E-state index in [-0.39, 0.29) is 42.6 Å². The van der Waals surface area contributed by atoms with Crippen molar-refractivity contribution in [1.29, 1.82) is 0 Å². The Morgan fingerprint density at radius 2 is 1.81 bits per heavy atom. The second-order valence-corrected chi connectivity index (χ2v) is 12.0. The number of aromatic nitrogens is 1. The van der Waals surface area contributed by atoms with Gasteiger partial charge >= 0.3 is 0 Å². The third-order valence-corrected chi connectivity index (χ3v) is 8.08. The summed E-state index contributed by atoms with van der Waals surface area (Å²) in [6, 6.07) is 6.08. The molecule has 1 aliphatic heterocycles. The number of carbonyl (C=O) groups excluding carboxylic acids is 3. The first-order valence-electron chi connectivity index (χ1n) is 12.9. The van der Waals surface area contributed by atoms with Crippen molar-refractivity contribution in [1.82, 2.24) is 20.5 Å². The number of thiazole rings is 1. The molecule has 0 radical (unpaired) electrons. The van der Waals surface area contributed by atoms with E-state index in [0.717, 1.165) is 21.7 Å². The summed E-state index contributed by atoms with van der Waals surface area (Å²) in [5, 5.41) is 16.3. The van der Waals surface area contributed by atoms with E-state index in [2.05, 4.69) is 15.6 Å². The fourth-order valence-corrected chi connectivity index (χ4v) is 5.30. The molecule has 1 aromatic heterocycles. The Balaban J connectivity index is 1.73. The first-order valence-corrected chi connectivity index (χ1v) is 13.8. The first-order chi connectivity index (χ1) is 17.3. The highest BCUT2D eigenvalue weighted by Gasteiger charge is 2.44. The van der Waals surface area contributed by atoms with Crippen molar-refractivity contribution in [2.45, 2.75) is 85.5 Å². The monoisotopic (exact) mass is 528 g/mol. The molecule has 8 nitrogen and oxygen atoms in total. The number of likely N-dealkylation sites (tertiary alicyclic amines) is 1. The maximum Gasteiger partial charge on any atom is 0.246 e. The summed E-state index contributed by atoms with van der Waals surface area (Å²) in [5.41, 5.74) is 4.25. The number of aryl methyl sites for hydroxylation is 1. The Kier molecular flexibility index (Phi) is 9.13. The van der Waals surface area contributed by atoms with Crippen LogP contribution in [-0.2, 0) is 14.4 Å². The number of β-amino-alcohol motifs (C(OH)–C–C–N with tert-alkyl or cyclic N) is 1. The Morgan fingerprint density at radius 1 is 1.16 bits per heavy atom. The minimum absolute atomic E-state index is 0.0555. The van der Waals surface area contributed by atoms with Gasteiger partial charge in [0.05, 0.1) is 28.2 Å². The number of hydrogen-bond donors (Lipinski definition) is 3. The van der Waals surface area contributed by atoms with Crippen molar-refractivity contribution in [3.8, 4) is 10.4 Å². The first kappa shape index (κ1) is 28.8. The van der Waals surface area contributed by atoms with Crippen LogP contribution < -0.4 is 10.6 Å². The van der Waals surface area contributed by atoms with Crippen molar-refractivity contribution in [2.24, 2.45) is 11.3 Å². The third-order valence-electron chi connectivity index (χ3n) is 7.10. The molecule has 37 heavy (non-hydrogen) atoms. The second kappa shape index (κ2) is 11.7. The number of benzene rings is 1. The number of amides is 3. The third kappa shape index (κ3) is 6.76. The van der Waals surface area contributed by atoms with Crippen molar-refractivity contribution in [2.75, 3.05) is 6.54 Å². The lowest BCUT2D eigenvalue weighted by molar-refractivity contribution is -0.144. The Bertz CT molecular complexity index is 1110. The van der Waals surface area contributed by atoms with Gasteiger partial charge in [-0.05, 0) is 36.8 Å². The molecule has 3 amide bonds. The fraction of sp³-hybridized carbons (Fsp3) is 0.571. The minimum Gasteiger partial charge on any atom is -0.391 e. The van der Waals surface area contributed by atoms with Crippen LogP contribution in [0, 0.1) is 18.3 Å². The SMILES string of the molecule is CCC(C)C(=O)NC(C(=O)N1C[C@H](O)C[C@H]1C(=O)N[C@@H](C)c1ccc(-c2scnc2C)cc1)C(C)(C)C. The summed E-state index contributed by atoms with van der Waals surface area (Å²) in [6.07, 6.45) is 0.0136. The van der Waals surface area contributed by atoms with Gasteiger partial charge in [0.2, 0.25) is 17.7 Å². The lowest BCUT2D eigenvalue weighted by atomic mass is 9.85. The van der Waals surface area contributed by atoms with Gasteiger partial charge in [0.15, 0.2) is 0 Å². The molecule has 2 aromatic rings. The van der Waals surface area contributed by atoms with E-state index >= 15 is 0 Å². The quantitative estimate of drug-likeness (QED) is 0.482. The van der Waals surface area contributed by atoms with Gasteiger partial charge in [0.25, 0.3) is 0 Å². The molecule has 0 spiro atoms. The molecule has 3 N–H and O–H groups in total. The van der Waals surface area contributed by atoms with Crippen molar-refractivity contribution in [3.63, 3.8) is 0 Å². The van der Waals surface area contributed by atoms with Gasteiger partial charge in [-0.2, -0.15) is 0 Å². The molecule has 1 aromatic carbocycles. The van der Waals surface area contributed by atoms with Gasteiger partial charge in [-0.25, -0.2) is 4.98 Å². The van der Waals surface area contributed by atoms with Crippen LogP contribution in [0.25, 0.3) is 10.4 Å². The summed E-state index contributed by atoms with van der Waals surface area (Å²) in [5.74, 6) is -1.09. The van der Waals surface area contributed by atoms with Crippen LogP contribution in [0.15, 0.2) is 29.8 Å². The van der Waals surface area contributed by atoms with Gasteiger partial charge in [-0.1, -0.05) is 58.9 Å². The van der Waals surface area contributed by atoms with Crippen molar-refractivity contribution < 1.29 is 19.5 Å². The van der Waals surface area contributed by atoms with Crippen LogP contribution >= 0.6 is 11.3 Å². The van der Waals surface area contributed by atoms with E-state index in [0.29, 0.717) is 6.42 Å². The Labute approximate surface area is 223 Å². The van der Waals surface area contributed by atoms with E-state index in [1.807, 2.05) is 78.2 Å². The fourth-order valence-electron chi connectivity index (χ4n) is 4.49. The molecule has 9 heteroatoms. The van der Waals surface area contributed by atoms with E-state index in [4.69, 9.17) is 0 Å². The van der Waals surface area contributed by atoms with Crippen LogP contribution in [-0.4, -0.2) is 57.4 Å². The summed E-state index contributed by atoms with van der Waals surface area (Å²) in [6.45, 7) is 13.3. The molecular formula is C28H40N4O4S. The topological polar surface area (TPSA) is 112 Å². The molecule has 1 aliphatic rings. The number of nitrogens with one attached hydrogen (secondary N) is 2. The standard InChI is InChI=1S/C28H40N4O4S/c1-8-16(2)25(34)31-24(28(5,6)7)27(36)32-14-21(33)13-22(32)26(35)30-17(3)19-9-11-20(12-10-19)23-18(4)29-15-37-23/h9-12,15-17,21-22,24,33H,8,13-14H2,1-7H3,(H,30,35)(H,31,34)/t16?,17-,21+,22-,24?/m0/s1. The normalized spacial score (nSPS) is 20.3. The summed E-state index contributed by atoms with van der Waals surface area (Å²) < 4.78 is 0. The number of aliphatic hydroxyl groups is 1. The van der Waals surface area contributed by atoms with Gasteiger partial charge < -0.3 is 20.6 Å². The van der Waals surface area contributed by atoms with Crippen molar-refractivity contribution in [3.05, 3.63) is 41.0 Å². The van der Waals surface area contributed by atoms with Crippen LogP contribution in [0.2, 0.25) is 0 Å². The second-order valence-electron chi connectivity index (χ2n) is 11.1. The highest BCUT2D eigenvalue weighted by molar-refractivity contribution is 7.13. The van der Waals surface area contributed by atoms with Crippen molar-refractivity contribution >= 4 is 29.1 Å². The molecular weight excluding hydrogens is 488 g/mol. The average Bonchev–Trinajstić information content (AvgIpc) is 3.46. The highest BCUT2D eigenvalue weighted by Crippen LogP contribution is 2.29. The highest BCUT2D eigenvalue weighted by atomic mass is 32.1. The minimum atomic E-state index is -0.811. The molecule has 3 rings (SSSR count). The molecule has 0 saturated carbocycles. The molecule has 0 aliphatic carbocycles. The van der Waals surface area contributed by atoms with Crippen LogP contribution in [0.3, 0.4) is 0 Å². The predicted octanol–water partition coefficient (Wildman–Crippen LogP) is 3.83. The lowest BCUT2D eigenvalue weighted by Crippen LogP contribution is -2.58. The summed E-state index contributed by atoms with van der Waals surface area (Å²) in [4.78, 5) is 46.5. The van der Waals surface area contributed by atoms with Crippen LogP contribution in [0.1, 0.15) is 71.7 Å². The maximum atomic E-state index is 13.6. The summed E-state index contributed by atoms with van der Waals surface area (Å²) in [7, 11) is 0. The van der Waals surface area contributed by atoms with Gasteiger partial charge in [0.1, 0.15) is 12.1 Å². The zero-order chi connectivity index (χ0) is 27.5. The maximum absolute atomic E-state index is 13.6. The predicted molar refractivity (Wildman–Crippen MR) is 146 cm³/mol. The smallest absolute Gasteiger partial charge is 0.246 e.